The molecule has 0 amide bonds. The van der Waals surface area contributed by atoms with Crippen molar-refractivity contribution in [3.05, 3.63) is 146 Å². The van der Waals surface area contributed by atoms with Gasteiger partial charge < -0.3 is 4.90 Å². The predicted octanol–water partition coefficient (Wildman–Crippen LogP) is 11.3. The minimum Gasteiger partial charge on any atom is -0.310 e. The van der Waals surface area contributed by atoms with Gasteiger partial charge in [0.1, 0.15) is 0 Å². The normalized spacial score (nSPS) is 11.5. The van der Waals surface area contributed by atoms with Crippen LogP contribution in [0.2, 0.25) is 0 Å². The molecule has 2 heteroatoms. The lowest BCUT2D eigenvalue weighted by atomic mass is 9.99. The van der Waals surface area contributed by atoms with Crippen LogP contribution in [-0.2, 0) is 12.8 Å². The second kappa shape index (κ2) is 12.8. The van der Waals surface area contributed by atoms with Crippen molar-refractivity contribution in [3.8, 4) is 0 Å². The Morgan fingerprint density at radius 2 is 1.25 bits per heavy atom. The third-order valence-electron chi connectivity index (χ3n) is 7.46. The Labute approximate surface area is 243 Å². The van der Waals surface area contributed by atoms with Crippen LogP contribution < -0.4 is 4.90 Å². The van der Waals surface area contributed by atoms with Crippen LogP contribution in [0.5, 0.6) is 0 Å². The van der Waals surface area contributed by atoms with Crippen molar-refractivity contribution in [1.29, 1.82) is 0 Å². The molecule has 0 aliphatic heterocycles. The van der Waals surface area contributed by atoms with Crippen LogP contribution >= 0.6 is 11.3 Å². The van der Waals surface area contributed by atoms with E-state index in [1.165, 1.54) is 61.6 Å². The van der Waals surface area contributed by atoms with Crippen molar-refractivity contribution < 1.29 is 0 Å². The highest BCUT2D eigenvalue weighted by molar-refractivity contribution is 7.08. The molecule has 0 saturated heterocycles. The quantitative estimate of drug-likeness (QED) is 0.168. The highest BCUT2D eigenvalue weighted by Crippen LogP contribution is 2.40. The Hall–Kier alpha value is -4.14. The number of thiophene rings is 1. The number of nitrogens with zero attached hydrogens (tertiary/aromatic N) is 1. The molecule has 1 aromatic heterocycles. The average molecular weight is 540 g/mol. The van der Waals surface area contributed by atoms with Crippen molar-refractivity contribution in [2.75, 3.05) is 4.90 Å². The van der Waals surface area contributed by atoms with Gasteiger partial charge >= 0.3 is 0 Å². The number of anilines is 3. The van der Waals surface area contributed by atoms with Crippen molar-refractivity contribution in [3.63, 3.8) is 0 Å². The molecule has 0 radical (unpaired) electrons. The molecule has 1 nitrogen and oxygen atoms in total. The van der Waals surface area contributed by atoms with Crippen molar-refractivity contribution in [2.45, 2.75) is 40.5 Å². The maximum Gasteiger partial charge on any atom is 0.0525 e. The van der Waals surface area contributed by atoms with E-state index >= 15 is 0 Å². The Kier molecular flexibility index (Phi) is 8.78. The fraction of sp³-hybridized carbons (Fsp3) is 0.158. The van der Waals surface area contributed by atoms with Crippen LogP contribution in [0.3, 0.4) is 0 Å². The minimum atomic E-state index is 0.994. The topological polar surface area (TPSA) is 3.24 Å². The molecule has 0 atom stereocenters. The first-order valence-electron chi connectivity index (χ1n) is 14.1. The zero-order chi connectivity index (χ0) is 27.9. The van der Waals surface area contributed by atoms with E-state index in [9.17, 15) is 0 Å². The summed E-state index contributed by atoms with van der Waals surface area (Å²) in [5, 5.41) is 4.28. The van der Waals surface area contributed by atoms with E-state index < -0.39 is 0 Å². The van der Waals surface area contributed by atoms with Gasteiger partial charge in [-0.1, -0.05) is 98.8 Å². The molecule has 0 spiro atoms. The largest absolute Gasteiger partial charge is 0.310 e. The minimum absolute atomic E-state index is 0.994. The summed E-state index contributed by atoms with van der Waals surface area (Å²) in [6.45, 7) is 8.88. The molecule has 0 bridgehead atoms. The van der Waals surface area contributed by atoms with Gasteiger partial charge in [0.15, 0.2) is 0 Å². The Morgan fingerprint density at radius 3 is 1.85 bits per heavy atom. The SMILES string of the molecule is CCc1cccc(CC)c1N(c1ccccc1)c1ccc(/C=C/c2ccc(/C=C/c3ccsc3)c(C)c2)c(C)c1. The second-order valence-corrected chi connectivity index (χ2v) is 11.0. The number of hydrogen-bond acceptors (Lipinski definition) is 2. The molecule has 0 saturated carbocycles. The van der Waals surface area contributed by atoms with E-state index in [1.54, 1.807) is 11.3 Å². The first-order valence-corrected chi connectivity index (χ1v) is 15.1. The number of benzene rings is 4. The van der Waals surface area contributed by atoms with Gasteiger partial charge in [0.05, 0.1) is 5.69 Å². The summed E-state index contributed by atoms with van der Waals surface area (Å²) in [5.74, 6) is 0. The third-order valence-corrected chi connectivity index (χ3v) is 8.16. The summed E-state index contributed by atoms with van der Waals surface area (Å²) in [6.07, 6.45) is 10.8. The third kappa shape index (κ3) is 6.19. The molecule has 0 fully saturated rings. The van der Waals surface area contributed by atoms with Gasteiger partial charge in [-0.3, -0.25) is 0 Å². The molecular formula is C38H37NS. The second-order valence-electron chi connectivity index (χ2n) is 10.2. The van der Waals surface area contributed by atoms with Gasteiger partial charge in [-0.2, -0.15) is 11.3 Å². The zero-order valence-electron chi connectivity index (χ0n) is 23.9. The molecule has 0 aliphatic rings. The van der Waals surface area contributed by atoms with E-state index in [0.717, 1.165) is 12.8 Å². The number of aryl methyl sites for hydroxylation is 4. The molecule has 0 unspecified atom stereocenters. The molecule has 40 heavy (non-hydrogen) atoms. The highest BCUT2D eigenvalue weighted by Gasteiger charge is 2.18. The Morgan fingerprint density at radius 1 is 0.600 bits per heavy atom. The maximum atomic E-state index is 2.43. The fourth-order valence-electron chi connectivity index (χ4n) is 5.20. The predicted molar refractivity (Wildman–Crippen MR) is 178 cm³/mol. The van der Waals surface area contributed by atoms with Gasteiger partial charge in [-0.25, -0.2) is 0 Å². The zero-order valence-corrected chi connectivity index (χ0v) is 24.7. The summed E-state index contributed by atoms with van der Waals surface area (Å²) in [4.78, 5) is 2.43. The van der Waals surface area contributed by atoms with Crippen molar-refractivity contribution >= 4 is 52.7 Å². The van der Waals surface area contributed by atoms with E-state index in [0.29, 0.717) is 0 Å². The van der Waals surface area contributed by atoms with Gasteiger partial charge in [-0.15, -0.1) is 0 Å². The summed E-state index contributed by atoms with van der Waals surface area (Å²) in [5.41, 5.74) is 13.9. The number of hydrogen-bond donors (Lipinski definition) is 0. The van der Waals surface area contributed by atoms with Crippen LogP contribution in [0.4, 0.5) is 17.1 Å². The van der Waals surface area contributed by atoms with Crippen LogP contribution in [-0.4, -0.2) is 0 Å². The fourth-order valence-corrected chi connectivity index (χ4v) is 5.83. The van der Waals surface area contributed by atoms with E-state index in [1.807, 2.05) is 0 Å². The molecule has 0 N–H and O–H groups in total. The van der Waals surface area contributed by atoms with Gasteiger partial charge in [0.25, 0.3) is 0 Å². The Balaban J connectivity index is 1.45. The first kappa shape index (κ1) is 27.4. The van der Waals surface area contributed by atoms with Gasteiger partial charge in [-0.05, 0) is 112 Å². The lowest BCUT2D eigenvalue weighted by Gasteiger charge is -2.30. The smallest absolute Gasteiger partial charge is 0.0525 e. The number of rotatable bonds is 9. The molecule has 5 aromatic rings. The van der Waals surface area contributed by atoms with Gasteiger partial charge in [0.2, 0.25) is 0 Å². The summed E-state index contributed by atoms with van der Waals surface area (Å²) in [7, 11) is 0. The van der Waals surface area contributed by atoms with E-state index in [-0.39, 0.29) is 0 Å². The van der Waals surface area contributed by atoms with Crippen LogP contribution in [0.15, 0.2) is 102 Å². The van der Waals surface area contributed by atoms with Crippen LogP contribution in [0.1, 0.15) is 58.4 Å². The molecule has 4 aromatic carbocycles. The van der Waals surface area contributed by atoms with Gasteiger partial charge in [0, 0.05) is 11.4 Å². The molecule has 0 aliphatic carbocycles. The first-order chi connectivity index (χ1) is 19.6. The molecule has 200 valence electrons. The monoisotopic (exact) mass is 539 g/mol. The standard InChI is InChI=1S/C38H37NS/c1-5-32-11-10-12-33(6-2)38(32)39(36-13-8-7-9-14-36)37-22-21-35(29(4)26-37)19-16-30-15-18-34(28(3)25-30)20-17-31-23-24-40-27-31/h7-27H,5-6H2,1-4H3/b19-16+,20-17+. The lowest BCUT2D eigenvalue weighted by molar-refractivity contribution is 1.06. The lowest BCUT2D eigenvalue weighted by Crippen LogP contribution is -2.14. The number of para-hydroxylation sites is 2. The highest BCUT2D eigenvalue weighted by atomic mass is 32.1. The molecular weight excluding hydrogens is 502 g/mol. The average Bonchev–Trinajstić information content (AvgIpc) is 3.51. The van der Waals surface area contributed by atoms with Crippen molar-refractivity contribution in [1.82, 2.24) is 0 Å². The molecule has 1 heterocycles. The summed E-state index contributed by atoms with van der Waals surface area (Å²) in [6, 6.07) is 33.1. The maximum absolute atomic E-state index is 2.43. The summed E-state index contributed by atoms with van der Waals surface area (Å²) < 4.78 is 0. The molecule has 5 rings (SSSR count). The van der Waals surface area contributed by atoms with Crippen LogP contribution in [0.25, 0.3) is 24.3 Å². The van der Waals surface area contributed by atoms with Crippen molar-refractivity contribution in [2.24, 2.45) is 0 Å². The Bertz CT molecular complexity index is 1600. The van der Waals surface area contributed by atoms with E-state index in [2.05, 4.69) is 159 Å². The van der Waals surface area contributed by atoms with Crippen LogP contribution in [0, 0.1) is 13.8 Å². The van der Waals surface area contributed by atoms with E-state index in [4.69, 9.17) is 0 Å². The summed E-state index contributed by atoms with van der Waals surface area (Å²) >= 11 is 1.73.